The third-order valence-electron chi connectivity index (χ3n) is 3.00. The molecule has 2 N–H and O–H groups in total. The SMILES string of the molecule is COc1cccc(Cc2ncc(CNC(C)(C)C)[nH]2)c1. The third kappa shape index (κ3) is 4.38. The highest BCUT2D eigenvalue weighted by molar-refractivity contribution is 5.30. The monoisotopic (exact) mass is 273 g/mol. The number of methoxy groups -OCH3 is 1. The summed E-state index contributed by atoms with van der Waals surface area (Å²) in [7, 11) is 1.68. The molecule has 0 unspecified atom stereocenters. The van der Waals surface area contributed by atoms with E-state index in [1.165, 1.54) is 5.56 Å². The van der Waals surface area contributed by atoms with E-state index in [1.807, 2.05) is 24.4 Å². The van der Waals surface area contributed by atoms with Crippen LogP contribution in [0, 0.1) is 0 Å². The maximum atomic E-state index is 5.23. The zero-order valence-electron chi connectivity index (χ0n) is 12.7. The van der Waals surface area contributed by atoms with Crippen molar-refractivity contribution in [3.05, 3.63) is 47.5 Å². The van der Waals surface area contributed by atoms with Gasteiger partial charge in [0.2, 0.25) is 0 Å². The van der Waals surface area contributed by atoms with Gasteiger partial charge in [-0.15, -0.1) is 0 Å². The molecule has 4 nitrogen and oxygen atoms in total. The molecule has 1 heterocycles. The van der Waals surface area contributed by atoms with E-state index < -0.39 is 0 Å². The second kappa shape index (κ2) is 6.09. The Labute approximate surface area is 120 Å². The standard InChI is InChI=1S/C16H23N3O/c1-16(2,3)18-11-13-10-17-15(19-13)9-12-6-5-7-14(8-12)20-4/h5-8,10,18H,9,11H2,1-4H3,(H,17,19). The lowest BCUT2D eigenvalue weighted by atomic mass is 10.1. The van der Waals surface area contributed by atoms with E-state index >= 15 is 0 Å². The summed E-state index contributed by atoms with van der Waals surface area (Å²) in [5.41, 5.74) is 2.41. The number of nitrogens with one attached hydrogen (secondary N) is 2. The van der Waals surface area contributed by atoms with E-state index in [1.54, 1.807) is 7.11 Å². The average molecular weight is 273 g/mol. The molecule has 0 aliphatic rings. The fourth-order valence-electron chi connectivity index (χ4n) is 1.92. The number of aromatic nitrogens is 2. The van der Waals surface area contributed by atoms with Crippen molar-refractivity contribution in [1.82, 2.24) is 15.3 Å². The lowest BCUT2D eigenvalue weighted by Gasteiger charge is -2.19. The molecular formula is C16H23N3O. The fraction of sp³-hybridized carbons (Fsp3) is 0.438. The predicted molar refractivity (Wildman–Crippen MR) is 81.0 cm³/mol. The third-order valence-corrected chi connectivity index (χ3v) is 3.00. The molecule has 1 aromatic carbocycles. The van der Waals surface area contributed by atoms with Crippen LogP contribution in [-0.2, 0) is 13.0 Å². The molecule has 0 bridgehead atoms. The second-order valence-corrected chi connectivity index (χ2v) is 5.99. The van der Waals surface area contributed by atoms with Crippen molar-refractivity contribution in [2.24, 2.45) is 0 Å². The summed E-state index contributed by atoms with van der Waals surface area (Å²) in [6.45, 7) is 7.26. The molecule has 0 spiro atoms. The number of rotatable bonds is 5. The molecule has 4 heteroatoms. The fourth-order valence-corrected chi connectivity index (χ4v) is 1.92. The summed E-state index contributed by atoms with van der Waals surface area (Å²) in [4.78, 5) is 7.79. The summed E-state index contributed by atoms with van der Waals surface area (Å²) < 4.78 is 5.23. The van der Waals surface area contributed by atoms with Crippen molar-refractivity contribution in [2.45, 2.75) is 39.3 Å². The van der Waals surface area contributed by atoms with Gasteiger partial charge < -0.3 is 15.0 Å². The van der Waals surface area contributed by atoms with Crippen LogP contribution in [0.3, 0.4) is 0 Å². The Hall–Kier alpha value is -1.81. The molecule has 20 heavy (non-hydrogen) atoms. The van der Waals surface area contributed by atoms with Gasteiger partial charge in [0, 0.05) is 30.4 Å². The number of ether oxygens (including phenoxy) is 1. The van der Waals surface area contributed by atoms with Crippen molar-refractivity contribution in [1.29, 1.82) is 0 Å². The Balaban J connectivity index is 1.98. The number of benzene rings is 1. The van der Waals surface area contributed by atoms with Gasteiger partial charge in [-0.1, -0.05) is 12.1 Å². The molecule has 0 saturated carbocycles. The van der Waals surface area contributed by atoms with E-state index in [9.17, 15) is 0 Å². The van der Waals surface area contributed by atoms with Gasteiger partial charge in [0.05, 0.1) is 7.11 Å². The molecule has 2 rings (SSSR count). The predicted octanol–water partition coefficient (Wildman–Crippen LogP) is 2.90. The highest BCUT2D eigenvalue weighted by Crippen LogP contribution is 2.15. The maximum absolute atomic E-state index is 5.23. The Morgan fingerprint density at radius 1 is 1.30 bits per heavy atom. The van der Waals surface area contributed by atoms with Crippen molar-refractivity contribution in [2.75, 3.05) is 7.11 Å². The van der Waals surface area contributed by atoms with Crippen molar-refractivity contribution in [3.63, 3.8) is 0 Å². The minimum atomic E-state index is 0.109. The van der Waals surface area contributed by atoms with E-state index in [0.29, 0.717) is 0 Å². The van der Waals surface area contributed by atoms with E-state index in [4.69, 9.17) is 4.74 Å². The number of aromatic amines is 1. The summed E-state index contributed by atoms with van der Waals surface area (Å²) in [5, 5.41) is 3.44. The minimum Gasteiger partial charge on any atom is -0.497 e. The van der Waals surface area contributed by atoms with Crippen LogP contribution in [0.4, 0.5) is 0 Å². The van der Waals surface area contributed by atoms with Crippen LogP contribution in [0.1, 0.15) is 37.9 Å². The zero-order chi connectivity index (χ0) is 14.6. The normalized spacial score (nSPS) is 11.6. The average Bonchev–Trinajstić information content (AvgIpc) is 2.83. The van der Waals surface area contributed by atoms with Crippen LogP contribution in [0.25, 0.3) is 0 Å². The van der Waals surface area contributed by atoms with Gasteiger partial charge in [-0.3, -0.25) is 0 Å². The van der Waals surface area contributed by atoms with Crippen molar-refractivity contribution >= 4 is 0 Å². The first-order valence-electron chi connectivity index (χ1n) is 6.87. The van der Waals surface area contributed by atoms with Gasteiger partial charge >= 0.3 is 0 Å². The summed E-state index contributed by atoms with van der Waals surface area (Å²) in [6, 6.07) is 8.07. The Morgan fingerprint density at radius 2 is 2.10 bits per heavy atom. The van der Waals surface area contributed by atoms with Crippen LogP contribution in [0.15, 0.2) is 30.5 Å². The quantitative estimate of drug-likeness (QED) is 0.880. The molecule has 0 atom stereocenters. The molecule has 0 fully saturated rings. The zero-order valence-corrected chi connectivity index (χ0v) is 12.7. The highest BCUT2D eigenvalue weighted by atomic mass is 16.5. The van der Waals surface area contributed by atoms with Crippen molar-refractivity contribution in [3.8, 4) is 5.75 Å². The van der Waals surface area contributed by atoms with Gasteiger partial charge in [0.25, 0.3) is 0 Å². The van der Waals surface area contributed by atoms with E-state index in [0.717, 1.165) is 30.2 Å². The Bertz CT molecular complexity index is 555. The van der Waals surface area contributed by atoms with Crippen LogP contribution in [0.5, 0.6) is 5.75 Å². The molecule has 0 amide bonds. The van der Waals surface area contributed by atoms with Crippen LogP contribution < -0.4 is 10.1 Å². The van der Waals surface area contributed by atoms with Crippen LogP contribution in [0.2, 0.25) is 0 Å². The number of hydrogen-bond acceptors (Lipinski definition) is 3. The smallest absolute Gasteiger partial charge is 0.119 e. The molecule has 2 aromatic rings. The number of imidazole rings is 1. The topological polar surface area (TPSA) is 49.9 Å². The molecule has 0 aliphatic carbocycles. The highest BCUT2D eigenvalue weighted by Gasteiger charge is 2.09. The van der Waals surface area contributed by atoms with E-state index in [-0.39, 0.29) is 5.54 Å². The number of nitrogens with zero attached hydrogens (tertiary/aromatic N) is 1. The molecule has 108 valence electrons. The minimum absolute atomic E-state index is 0.109. The first-order chi connectivity index (χ1) is 9.46. The van der Waals surface area contributed by atoms with Gasteiger partial charge in [0.15, 0.2) is 0 Å². The molecular weight excluding hydrogens is 250 g/mol. The Kier molecular flexibility index (Phi) is 4.45. The largest absolute Gasteiger partial charge is 0.497 e. The van der Waals surface area contributed by atoms with Crippen molar-refractivity contribution < 1.29 is 4.74 Å². The van der Waals surface area contributed by atoms with Gasteiger partial charge in [-0.05, 0) is 38.5 Å². The maximum Gasteiger partial charge on any atom is 0.119 e. The van der Waals surface area contributed by atoms with Crippen LogP contribution in [-0.4, -0.2) is 22.6 Å². The first kappa shape index (κ1) is 14.6. The number of H-pyrrole nitrogens is 1. The summed E-state index contributed by atoms with van der Waals surface area (Å²) in [5.74, 6) is 1.85. The Morgan fingerprint density at radius 3 is 2.80 bits per heavy atom. The lowest BCUT2D eigenvalue weighted by molar-refractivity contribution is 0.414. The van der Waals surface area contributed by atoms with E-state index in [2.05, 4.69) is 42.1 Å². The molecule has 0 radical (unpaired) electrons. The molecule has 0 aliphatic heterocycles. The lowest BCUT2D eigenvalue weighted by Crippen LogP contribution is -2.35. The molecule has 0 saturated heterocycles. The van der Waals surface area contributed by atoms with Gasteiger partial charge in [-0.25, -0.2) is 4.98 Å². The first-order valence-corrected chi connectivity index (χ1v) is 6.87. The second-order valence-electron chi connectivity index (χ2n) is 5.99. The summed E-state index contributed by atoms with van der Waals surface area (Å²) in [6.07, 6.45) is 2.68. The van der Waals surface area contributed by atoms with Gasteiger partial charge in [-0.2, -0.15) is 0 Å². The van der Waals surface area contributed by atoms with Crippen LogP contribution >= 0.6 is 0 Å². The van der Waals surface area contributed by atoms with Gasteiger partial charge in [0.1, 0.15) is 11.6 Å². The molecule has 1 aromatic heterocycles. The summed E-state index contributed by atoms with van der Waals surface area (Å²) >= 11 is 0. The number of hydrogen-bond donors (Lipinski definition) is 2.